The molecule has 1 amide bonds. The van der Waals surface area contributed by atoms with Gasteiger partial charge in [-0.05, 0) is 45.4 Å². The SMILES string of the molecule is CCOC(=O)c1ccccc1NC(=O)C(C)(C)c1ccc(C)cc1. The molecule has 126 valence electrons. The summed E-state index contributed by atoms with van der Waals surface area (Å²) in [4.78, 5) is 24.8. The molecule has 0 aliphatic carbocycles. The molecule has 0 aliphatic rings. The van der Waals surface area contributed by atoms with Crippen LogP contribution in [0.4, 0.5) is 5.69 Å². The summed E-state index contributed by atoms with van der Waals surface area (Å²) in [6, 6.07) is 14.7. The lowest BCUT2D eigenvalue weighted by Gasteiger charge is -2.25. The molecule has 0 saturated heterocycles. The van der Waals surface area contributed by atoms with Crippen molar-refractivity contribution < 1.29 is 14.3 Å². The monoisotopic (exact) mass is 325 g/mol. The minimum atomic E-state index is -0.727. The van der Waals surface area contributed by atoms with Gasteiger partial charge in [0, 0.05) is 0 Å². The van der Waals surface area contributed by atoms with Gasteiger partial charge >= 0.3 is 5.97 Å². The lowest BCUT2D eigenvalue weighted by atomic mass is 9.83. The molecule has 0 aliphatic heterocycles. The Labute approximate surface area is 142 Å². The van der Waals surface area contributed by atoms with Gasteiger partial charge in [0.05, 0.1) is 23.3 Å². The van der Waals surface area contributed by atoms with E-state index >= 15 is 0 Å². The van der Waals surface area contributed by atoms with Gasteiger partial charge in [-0.1, -0.05) is 42.0 Å². The van der Waals surface area contributed by atoms with E-state index in [1.165, 1.54) is 0 Å². The standard InChI is InChI=1S/C20H23NO3/c1-5-24-18(22)16-8-6-7-9-17(16)21-19(23)20(3,4)15-12-10-14(2)11-13-15/h6-13H,5H2,1-4H3,(H,21,23). The topological polar surface area (TPSA) is 55.4 Å². The van der Waals surface area contributed by atoms with Crippen LogP contribution in [-0.4, -0.2) is 18.5 Å². The van der Waals surface area contributed by atoms with Crippen molar-refractivity contribution in [2.75, 3.05) is 11.9 Å². The molecule has 4 nitrogen and oxygen atoms in total. The van der Waals surface area contributed by atoms with Gasteiger partial charge < -0.3 is 10.1 Å². The summed E-state index contributed by atoms with van der Waals surface area (Å²) in [6.07, 6.45) is 0. The average molecular weight is 325 g/mol. The highest BCUT2D eigenvalue weighted by Crippen LogP contribution is 2.26. The molecule has 0 atom stereocenters. The van der Waals surface area contributed by atoms with Gasteiger partial charge in [0.15, 0.2) is 0 Å². The molecule has 0 heterocycles. The Bertz CT molecular complexity index is 733. The zero-order valence-corrected chi connectivity index (χ0v) is 14.6. The molecule has 2 aromatic carbocycles. The maximum absolute atomic E-state index is 12.8. The first-order valence-corrected chi connectivity index (χ1v) is 8.01. The summed E-state index contributed by atoms with van der Waals surface area (Å²) in [5, 5.41) is 2.86. The first-order valence-electron chi connectivity index (χ1n) is 8.01. The summed E-state index contributed by atoms with van der Waals surface area (Å²) in [5.41, 5.74) is 2.14. The van der Waals surface area contributed by atoms with Gasteiger partial charge in [-0.3, -0.25) is 4.79 Å². The number of rotatable bonds is 5. The van der Waals surface area contributed by atoms with Gasteiger partial charge in [0.2, 0.25) is 5.91 Å². The van der Waals surface area contributed by atoms with Gasteiger partial charge in [-0.25, -0.2) is 4.79 Å². The zero-order chi connectivity index (χ0) is 17.7. The van der Waals surface area contributed by atoms with Crippen LogP contribution >= 0.6 is 0 Å². The summed E-state index contributed by atoms with van der Waals surface area (Å²) in [5.74, 6) is -0.621. The summed E-state index contributed by atoms with van der Waals surface area (Å²) in [6.45, 7) is 7.77. The molecule has 0 unspecified atom stereocenters. The molecule has 0 saturated carbocycles. The average Bonchev–Trinajstić information content (AvgIpc) is 2.56. The lowest BCUT2D eigenvalue weighted by molar-refractivity contribution is -0.120. The number of aryl methyl sites for hydroxylation is 1. The number of hydrogen-bond acceptors (Lipinski definition) is 3. The van der Waals surface area contributed by atoms with Gasteiger partial charge in [0.1, 0.15) is 0 Å². The van der Waals surface area contributed by atoms with Gasteiger partial charge in [-0.15, -0.1) is 0 Å². The van der Waals surface area contributed by atoms with E-state index in [-0.39, 0.29) is 12.5 Å². The van der Waals surface area contributed by atoms with E-state index in [4.69, 9.17) is 4.74 Å². The molecule has 2 aromatic rings. The quantitative estimate of drug-likeness (QED) is 0.843. The first-order chi connectivity index (χ1) is 11.4. The predicted molar refractivity (Wildman–Crippen MR) is 95.2 cm³/mol. The number of hydrogen-bond donors (Lipinski definition) is 1. The van der Waals surface area contributed by atoms with E-state index in [1.54, 1.807) is 31.2 Å². The Balaban J connectivity index is 2.26. The summed E-state index contributed by atoms with van der Waals surface area (Å²) in [7, 11) is 0. The second-order valence-electron chi connectivity index (χ2n) is 6.21. The second kappa shape index (κ2) is 7.30. The van der Waals surface area contributed by atoms with Crippen molar-refractivity contribution in [1.29, 1.82) is 0 Å². The molecule has 4 heteroatoms. The molecule has 0 aromatic heterocycles. The Morgan fingerprint density at radius 3 is 2.29 bits per heavy atom. The minimum absolute atomic E-state index is 0.178. The number of ether oxygens (including phenoxy) is 1. The number of anilines is 1. The maximum atomic E-state index is 12.8. The van der Waals surface area contributed by atoms with Crippen molar-refractivity contribution in [2.45, 2.75) is 33.1 Å². The number of carbonyl (C=O) groups excluding carboxylic acids is 2. The van der Waals surface area contributed by atoms with Crippen LogP contribution in [0.25, 0.3) is 0 Å². The van der Waals surface area contributed by atoms with Crippen molar-refractivity contribution in [3.63, 3.8) is 0 Å². The van der Waals surface area contributed by atoms with Crippen molar-refractivity contribution >= 4 is 17.6 Å². The van der Waals surface area contributed by atoms with Crippen LogP contribution in [-0.2, 0) is 14.9 Å². The number of carbonyl (C=O) groups is 2. The number of para-hydroxylation sites is 1. The van der Waals surface area contributed by atoms with Crippen molar-refractivity contribution in [3.05, 3.63) is 65.2 Å². The molecule has 0 fully saturated rings. The predicted octanol–water partition coefficient (Wildman–Crippen LogP) is 4.09. The smallest absolute Gasteiger partial charge is 0.340 e. The number of amides is 1. The second-order valence-corrected chi connectivity index (χ2v) is 6.21. The molecular formula is C20H23NO3. The highest BCUT2D eigenvalue weighted by Gasteiger charge is 2.30. The molecule has 24 heavy (non-hydrogen) atoms. The zero-order valence-electron chi connectivity index (χ0n) is 14.6. The van der Waals surface area contributed by atoms with Gasteiger partial charge in [0.25, 0.3) is 0 Å². The van der Waals surface area contributed by atoms with E-state index in [1.807, 2.05) is 45.0 Å². The lowest BCUT2D eigenvalue weighted by Crippen LogP contribution is -2.35. The van der Waals surface area contributed by atoms with Crippen LogP contribution in [0.1, 0.15) is 42.3 Å². The van der Waals surface area contributed by atoms with Gasteiger partial charge in [-0.2, -0.15) is 0 Å². The van der Waals surface area contributed by atoms with Crippen LogP contribution in [0.5, 0.6) is 0 Å². The van der Waals surface area contributed by atoms with Crippen molar-refractivity contribution in [1.82, 2.24) is 0 Å². The van der Waals surface area contributed by atoms with Crippen LogP contribution < -0.4 is 5.32 Å². The number of benzene rings is 2. The first kappa shape index (κ1) is 17.7. The van der Waals surface area contributed by atoms with E-state index < -0.39 is 11.4 Å². The fourth-order valence-electron chi connectivity index (χ4n) is 2.36. The number of nitrogens with one attached hydrogen (secondary N) is 1. The summed E-state index contributed by atoms with van der Waals surface area (Å²) < 4.78 is 5.04. The largest absolute Gasteiger partial charge is 0.462 e. The Kier molecular flexibility index (Phi) is 5.39. The van der Waals surface area contributed by atoms with Crippen molar-refractivity contribution in [2.24, 2.45) is 0 Å². The van der Waals surface area contributed by atoms with Crippen molar-refractivity contribution in [3.8, 4) is 0 Å². The molecular weight excluding hydrogens is 302 g/mol. The molecule has 0 spiro atoms. The maximum Gasteiger partial charge on any atom is 0.340 e. The molecule has 2 rings (SSSR count). The fraction of sp³-hybridized carbons (Fsp3) is 0.300. The van der Waals surface area contributed by atoms with E-state index in [0.29, 0.717) is 11.3 Å². The third-order valence-electron chi connectivity index (χ3n) is 4.01. The fourth-order valence-corrected chi connectivity index (χ4v) is 2.36. The molecule has 1 N–H and O–H groups in total. The number of esters is 1. The highest BCUT2D eigenvalue weighted by atomic mass is 16.5. The van der Waals surface area contributed by atoms with Crippen LogP contribution in [0.3, 0.4) is 0 Å². The third-order valence-corrected chi connectivity index (χ3v) is 4.01. The molecule has 0 radical (unpaired) electrons. The van der Waals surface area contributed by atoms with Crippen LogP contribution in [0.15, 0.2) is 48.5 Å². The Morgan fingerprint density at radius 2 is 1.67 bits per heavy atom. The Hall–Kier alpha value is -2.62. The highest BCUT2D eigenvalue weighted by molar-refractivity contribution is 6.04. The van der Waals surface area contributed by atoms with Crippen LogP contribution in [0.2, 0.25) is 0 Å². The van der Waals surface area contributed by atoms with E-state index in [0.717, 1.165) is 11.1 Å². The van der Waals surface area contributed by atoms with Crippen LogP contribution in [0, 0.1) is 6.92 Å². The Morgan fingerprint density at radius 1 is 1.04 bits per heavy atom. The van der Waals surface area contributed by atoms with E-state index in [9.17, 15) is 9.59 Å². The summed E-state index contributed by atoms with van der Waals surface area (Å²) >= 11 is 0. The molecule has 0 bridgehead atoms. The minimum Gasteiger partial charge on any atom is -0.462 e. The normalized spacial score (nSPS) is 11.0. The third kappa shape index (κ3) is 3.82. The van der Waals surface area contributed by atoms with E-state index in [2.05, 4.69) is 5.32 Å².